The van der Waals surface area contributed by atoms with Crippen molar-refractivity contribution in [3.8, 4) is 0 Å². The lowest BCUT2D eigenvalue weighted by atomic mass is 9.73. The lowest BCUT2D eigenvalue weighted by molar-refractivity contribution is -0.165. The molecular weight excluding hydrogens is 509 g/mol. The van der Waals surface area contributed by atoms with Crippen LogP contribution in [0.1, 0.15) is 42.7 Å². The van der Waals surface area contributed by atoms with Crippen LogP contribution in [-0.2, 0) is 14.3 Å². The molecule has 2 aromatic heterocycles. The number of fused-ring (bicyclic) bond motifs is 1. The summed E-state index contributed by atoms with van der Waals surface area (Å²) < 4.78 is 8.00. The van der Waals surface area contributed by atoms with Gasteiger partial charge in [0, 0.05) is 30.3 Å². The minimum Gasteiger partial charge on any atom is -0.478 e. The molecule has 29 heavy (non-hydrogen) atoms. The standard InChI is InChI=1S/C20H17ClIN3O4/c21-17-15-18(22)24-19(25(15)7-6-23-17)13-8-11(9-13)10-14(26)29-16(20(27)28)12-4-2-1-3-5-12/h1-7,11,13,16H,8-10H2,(H,27,28). The Morgan fingerprint density at radius 2 is 2.03 bits per heavy atom. The van der Waals surface area contributed by atoms with Crippen LogP contribution in [0.4, 0.5) is 0 Å². The third-order valence-corrected chi connectivity index (χ3v) is 6.16. The van der Waals surface area contributed by atoms with Gasteiger partial charge in [-0.05, 0) is 41.4 Å². The van der Waals surface area contributed by atoms with Crippen molar-refractivity contribution in [2.75, 3.05) is 0 Å². The Hall–Kier alpha value is -2.20. The third-order valence-electron chi connectivity index (χ3n) is 5.13. The van der Waals surface area contributed by atoms with E-state index in [1.807, 2.05) is 10.6 Å². The number of carbonyl (C=O) groups excluding carboxylic acids is 1. The summed E-state index contributed by atoms with van der Waals surface area (Å²) in [6.45, 7) is 0. The fraction of sp³-hybridized carbons (Fsp3) is 0.300. The van der Waals surface area contributed by atoms with Crippen LogP contribution in [0.3, 0.4) is 0 Å². The summed E-state index contributed by atoms with van der Waals surface area (Å²) in [7, 11) is 0. The average molecular weight is 526 g/mol. The SMILES string of the molecule is O=C(CC1CC(c2nc(I)c3c(Cl)nccn23)C1)OC(C(=O)O)c1ccccc1. The first-order valence-corrected chi connectivity index (χ1v) is 10.5. The molecule has 4 rings (SSSR count). The molecule has 0 saturated heterocycles. The molecule has 1 aromatic carbocycles. The third kappa shape index (κ3) is 4.09. The highest BCUT2D eigenvalue weighted by Crippen LogP contribution is 2.44. The lowest BCUT2D eigenvalue weighted by Gasteiger charge is -2.34. The van der Waals surface area contributed by atoms with Crippen molar-refractivity contribution in [2.24, 2.45) is 5.92 Å². The van der Waals surface area contributed by atoms with Crippen molar-refractivity contribution in [1.29, 1.82) is 0 Å². The topological polar surface area (TPSA) is 93.8 Å². The van der Waals surface area contributed by atoms with Crippen LogP contribution in [0.15, 0.2) is 42.7 Å². The second-order valence-electron chi connectivity index (χ2n) is 7.05. The Bertz CT molecular complexity index is 1070. The van der Waals surface area contributed by atoms with Crippen LogP contribution < -0.4 is 0 Å². The van der Waals surface area contributed by atoms with Crippen LogP contribution in [0.25, 0.3) is 5.52 Å². The van der Waals surface area contributed by atoms with Gasteiger partial charge in [0.25, 0.3) is 0 Å². The summed E-state index contributed by atoms with van der Waals surface area (Å²) in [6.07, 6.45) is 3.95. The molecule has 1 fully saturated rings. The molecule has 1 aliphatic carbocycles. The zero-order chi connectivity index (χ0) is 20.5. The average Bonchev–Trinajstić information content (AvgIpc) is 3.00. The van der Waals surface area contributed by atoms with Gasteiger partial charge < -0.3 is 9.84 Å². The molecule has 1 unspecified atom stereocenters. The van der Waals surface area contributed by atoms with Gasteiger partial charge in [-0.25, -0.2) is 14.8 Å². The normalized spacial score (nSPS) is 19.5. The van der Waals surface area contributed by atoms with Gasteiger partial charge in [0.05, 0.1) is 0 Å². The second-order valence-corrected chi connectivity index (χ2v) is 8.43. The molecule has 0 aliphatic heterocycles. The number of carbonyl (C=O) groups is 2. The van der Waals surface area contributed by atoms with Gasteiger partial charge in [-0.15, -0.1) is 0 Å². The summed E-state index contributed by atoms with van der Waals surface area (Å²) in [5.41, 5.74) is 1.24. The van der Waals surface area contributed by atoms with Gasteiger partial charge in [-0.1, -0.05) is 41.9 Å². The Kier molecular flexibility index (Phi) is 5.73. The highest BCUT2D eigenvalue weighted by molar-refractivity contribution is 14.1. The second kappa shape index (κ2) is 8.27. The number of benzene rings is 1. The van der Waals surface area contributed by atoms with Crippen molar-refractivity contribution in [3.05, 3.63) is 63.0 Å². The number of halogens is 2. The van der Waals surface area contributed by atoms with Gasteiger partial charge >= 0.3 is 11.9 Å². The highest BCUT2D eigenvalue weighted by Gasteiger charge is 2.36. The largest absolute Gasteiger partial charge is 0.478 e. The van der Waals surface area contributed by atoms with E-state index in [1.54, 1.807) is 36.5 Å². The number of hydrogen-bond donors (Lipinski definition) is 1. The van der Waals surface area contributed by atoms with E-state index >= 15 is 0 Å². The Morgan fingerprint density at radius 1 is 1.31 bits per heavy atom. The maximum Gasteiger partial charge on any atom is 0.349 e. The molecule has 0 bridgehead atoms. The first-order chi connectivity index (χ1) is 13.9. The molecule has 150 valence electrons. The number of rotatable bonds is 6. The predicted octanol–water partition coefficient (Wildman–Crippen LogP) is 4.24. The summed E-state index contributed by atoms with van der Waals surface area (Å²) >= 11 is 8.32. The van der Waals surface area contributed by atoms with Crippen molar-refractivity contribution < 1.29 is 19.4 Å². The molecule has 3 aromatic rings. The van der Waals surface area contributed by atoms with Crippen molar-refractivity contribution in [2.45, 2.75) is 31.3 Å². The summed E-state index contributed by atoms with van der Waals surface area (Å²) in [6, 6.07) is 8.48. The van der Waals surface area contributed by atoms with Crippen LogP contribution in [0.5, 0.6) is 0 Å². The number of carboxylic acid groups (broad SMARTS) is 1. The Labute approximate surface area is 185 Å². The lowest BCUT2D eigenvalue weighted by Crippen LogP contribution is -2.28. The minimum absolute atomic E-state index is 0.139. The Balaban J connectivity index is 1.38. The number of esters is 1. The van der Waals surface area contributed by atoms with E-state index in [1.165, 1.54) is 0 Å². The van der Waals surface area contributed by atoms with Crippen molar-refractivity contribution in [3.63, 3.8) is 0 Å². The van der Waals surface area contributed by atoms with Crippen LogP contribution in [0.2, 0.25) is 5.15 Å². The van der Waals surface area contributed by atoms with E-state index in [0.29, 0.717) is 10.7 Å². The summed E-state index contributed by atoms with van der Waals surface area (Å²) in [4.78, 5) is 32.5. The maximum absolute atomic E-state index is 12.3. The fourth-order valence-corrected chi connectivity index (χ4v) is 4.85. The zero-order valence-corrected chi connectivity index (χ0v) is 18.1. The zero-order valence-electron chi connectivity index (χ0n) is 15.2. The van der Waals surface area contributed by atoms with Crippen LogP contribution >= 0.6 is 34.2 Å². The van der Waals surface area contributed by atoms with Gasteiger partial charge in [0.2, 0.25) is 6.10 Å². The predicted molar refractivity (Wildman–Crippen MR) is 114 cm³/mol. The molecule has 9 heteroatoms. The first-order valence-electron chi connectivity index (χ1n) is 9.09. The Morgan fingerprint density at radius 3 is 2.72 bits per heavy atom. The van der Waals surface area contributed by atoms with E-state index in [4.69, 9.17) is 16.3 Å². The van der Waals surface area contributed by atoms with E-state index < -0.39 is 18.0 Å². The molecule has 1 aliphatic rings. The van der Waals surface area contributed by atoms with Crippen molar-refractivity contribution in [1.82, 2.24) is 14.4 Å². The van der Waals surface area contributed by atoms with E-state index in [9.17, 15) is 14.7 Å². The van der Waals surface area contributed by atoms with Gasteiger partial charge in [-0.3, -0.25) is 9.20 Å². The smallest absolute Gasteiger partial charge is 0.349 e. The molecule has 1 saturated carbocycles. The molecular formula is C20H17ClIN3O4. The van der Waals surface area contributed by atoms with Crippen molar-refractivity contribution >= 4 is 51.6 Å². The molecule has 0 radical (unpaired) electrons. The first kappa shape index (κ1) is 20.1. The number of hydrogen-bond acceptors (Lipinski definition) is 5. The fourth-order valence-electron chi connectivity index (χ4n) is 3.69. The monoisotopic (exact) mass is 525 g/mol. The number of nitrogens with zero attached hydrogens (tertiary/aromatic N) is 3. The van der Waals surface area contributed by atoms with Gasteiger partial charge in [0.1, 0.15) is 15.0 Å². The number of imidazole rings is 1. The maximum atomic E-state index is 12.3. The molecule has 2 heterocycles. The van der Waals surface area contributed by atoms with E-state index in [-0.39, 0.29) is 18.3 Å². The van der Waals surface area contributed by atoms with Gasteiger partial charge in [0.15, 0.2) is 5.15 Å². The number of aliphatic carboxylic acids is 1. The van der Waals surface area contributed by atoms with Crippen LogP contribution in [-0.4, -0.2) is 31.4 Å². The summed E-state index contributed by atoms with van der Waals surface area (Å²) in [5.74, 6) is -0.419. The number of aromatic nitrogens is 3. The van der Waals surface area contributed by atoms with E-state index in [2.05, 4.69) is 32.6 Å². The number of ether oxygens (including phenoxy) is 1. The van der Waals surface area contributed by atoms with E-state index in [0.717, 1.165) is 27.9 Å². The van der Waals surface area contributed by atoms with Gasteiger partial charge in [-0.2, -0.15) is 0 Å². The molecule has 1 N–H and O–H groups in total. The quantitative estimate of drug-likeness (QED) is 0.382. The molecule has 0 spiro atoms. The molecule has 1 atom stereocenters. The summed E-state index contributed by atoms with van der Waals surface area (Å²) in [5, 5.41) is 9.80. The molecule has 0 amide bonds. The minimum atomic E-state index is -1.29. The molecule has 7 nitrogen and oxygen atoms in total. The van der Waals surface area contributed by atoms with Crippen LogP contribution in [0, 0.1) is 9.62 Å². The number of carboxylic acids is 1. The highest BCUT2D eigenvalue weighted by atomic mass is 127.